The van der Waals surface area contributed by atoms with Gasteiger partial charge in [0.05, 0.1) is 32.5 Å². The van der Waals surface area contributed by atoms with E-state index in [0.717, 1.165) is 55.1 Å². The highest BCUT2D eigenvalue weighted by molar-refractivity contribution is 5.82. The van der Waals surface area contributed by atoms with Gasteiger partial charge in [-0.2, -0.15) is 0 Å². The molecule has 2 aromatic carbocycles. The van der Waals surface area contributed by atoms with Crippen LogP contribution in [0.4, 0.5) is 0 Å². The van der Waals surface area contributed by atoms with Gasteiger partial charge < -0.3 is 15.2 Å². The van der Waals surface area contributed by atoms with Crippen molar-refractivity contribution in [3.8, 4) is 11.8 Å². The number of morpholine rings is 1. The molecule has 2 aromatic rings. The van der Waals surface area contributed by atoms with Crippen molar-refractivity contribution in [3.63, 3.8) is 0 Å². The van der Waals surface area contributed by atoms with Crippen LogP contribution in [-0.4, -0.2) is 60.5 Å². The number of hydroxylamine groups is 1. The van der Waals surface area contributed by atoms with Gasteiger partial charge in [-0.15, -0.1) is 0 Å². The lowest BCUT2D eigenvalue weighted by Crippen LogP contribution is -2.61. The first-order valence-electron chi connectivity index (χ1n) is 11.9. The molecule has 2 aliphatic rings. The topological polar surface area (TPSA) is 109 Å². The number of fused-ring (bicyclic) bond motifs is 1. The van der Waals surface area contributed by atoms with Crippen molar-refractivity contribution in [3.05, 3.63) is 70.3 Å². The van der Waals surface area contributed by atoms with Crippen LogP contribution in [0, 0.1) is 11.8 Å². The Morgan fingerprint density at radius 3 is 2.51 bits per heavy atom. The number of carbonyl (C=O) groups is 1. The molecule has 1 amide bonds. The Hall–Kier alpha value is -2.77. The minimum absolute atomic E-state index is 0.232. The maximum Gasteiger partial charge on any atom is 0.262 e. The van der Waals surface area contributed by atoms with E-state index in [0.29, 0.717) is 13.2 Å². The third-order valence-electron chi connectivity index (χ3n) is 6.36. The molecule has 2 heterocycles. The highest BCUT2D eigenvalue weighted by Crippen LogP contribution is 2.27. The van der Waals surface area contributed by atoms with Gasteiger partial charge in [0.1, 0.15) is 6.04 Å². The molecule has 8 heteroatoms. The molecule has 0 bridgehead atoms. The number of amides is 1. The Bertz CT molecular complexity index is 1080. The third kappa shape index (κ3) is 6.67. The Morgan fingerprint density at radius 1 is 1.14 bits per heavy atom. The van der Waals surface area contributed by atoms with E-state index in [1.165, 1.54) is 5.56 Å². The molecule has 0 radical (unpaired) electrons. The second kappa shape index (κ2) is 11.3. The van der Waals surface area contributed by atoms with Crippen molar-refractivity contribution < 1.29 is 19.5 Å². The fourth-order valence-corrected chi connectivity index (χ4v) is 4.41. The number of rotatable bonds is 6. The standard InChI is InChI=1S/C27H34N4O4/c1-27(2,28)25(26(32)30-33)29-24-18-35-17-22-15-20(9-10-23(22)24)6-3-19-4-7-21(8-5-19)16-31-11-13-34-14-12-31/h4-5,7-10,15,24-25,29,33H,11-14,16-18,28H2,1-2H3,(H,30,32)/t24?,25-/m1/s1. The number of carbonyl (C=O) groups excluding carboxylic acids is 1. The Morgan fingerprint density at radius 2 is 1.83 bits per heavy atom. The Labute approximate surface area is 206 Å². The van der Waals surface area contributed by atoms with E-state index < -0.39 is 17.5 Å². The van der Waals surface area contributed by atoms with Gasteiger partial charge in [0.2, 0.25) is 0 Å². The van der Waals surface area contributed by atoms with E-state index in [2.05, 4.69) is 46.3 Å². The number of ether oxygens (including phenoxy) is 2. The third-order valence-corrected chi connectivity index (χ3v) is 6.36. The first-order valence-corrected chi connectivity index (χ1v) is 11.9. The second-order valence-corrected chi connectivity index (χ2v) is 9.71. The van der Waals surface area contributed by atoms with E-state index in [1.54, 1.807) is 19.3 Å². The van der Waals surface area contributed by atoms with Crippen molar-refractivity contribution in [1.82, 2.24) is 15.7 Å². The number of nitrogens with two attached hydrogens (primary N) is 1. The van der Waals surface area contributed by atoms with Crippen molar-refractivity contribution in [2.45, 2.75) is 44.6 Å². The molecule has 0 aliphatic carbocycles. The summed E-state index contributed by atoms with van der Waals surface area (Å²) in [6.07, 6.45) is 0. The fourth-order valence-electron chi connectivity index (χ4n) is 4.41. The fraction of sp³-hybridized carbons (Fsp3) is 0.444. The van der Waals surface area contributed by atoms with Crippen LogP contribution in [-0.2, 0) is 27.4 Å². The molecule has 35 heavy (non-hydrogen) atoms. The molecule has 2 atom stereocenters. The minimum atomic E-state index is -0.881. The lowest BCUT2D eigenvalue weighted by Gasteiger charge is -2.35. The maximum atomic E-state index is 12.2. The van der Waals surface area contributed by atoms with E-state index in [-0.39, 0.29) is 6.04 Å². The summed E-state index contributed by atoms with van der Waals surface area (Å²) >= 11 is 0. The Kier molecular flexibility index (Phi) is 8.19. The largest absolute Gasteiger partial charge is 0.379 e. The van der Waals surface area contributed by atoms with Crippen LogP contribution in [0.2, 0.25) is 0 Å². The highest BCUT2D eigenvalue weighted by atomic mass is 16.5. The average molecular weight is 479 g/mol. The van der Waals surface area contributed by atoms with Gasteiger partial charge in [-0.1, -0.05) is 30.0 Å². The predicted octanol–water partition coefficient (Wildman–Crippen LogP) is 1.69. The van der Waals surface area contributed by atoms with Crippen molar-refractivity contribution in [1.29, 1.82) is 0 Å². The molecule has 4 rings (SSSR count). The Balaban J connectivity index is 1.44. The summed E-state index contributed by atoms with van der Waals surface area (Å²) in [5, 5.41) is 12.4. The molecule has 186 valence electrons. The highest BCUT2D eigenvalue weighted by Gasteiger charge is 2.35. The lowest BCUT2D eigenvalue weighted by atomic mass is 9.91. The first kappa shape index (κ1) is 25.3. The van der Waals surface area contributed by atoms with Gasteiger partial charge in [-0.05, 0) is 54.8 Å². The second-order valence-electron chi connectivity index (χ2n) is 9.71. The molecule has 1 fully saturated rings. The van der Waals surface area contributed by atoms with Gasteiger partial charge >= 0.3 is 0 Å². The monoisotopic (exact) mass is 478 g/mol. The number of hydrogen-bond acceptors (Lipinski definition) is 7. The average Bonchev–Trinajstić information content (AvgIpc) is 2.86. The molecule has 1 unspecified atom stereocenters. The first-order chi connectivity index (χ1) is 16.8. The zero-order valence-corrected chi connectivity index (χ0v) is 20.3. The molecule has 2 aliphatic heterocycles. The van der Waals surface area contributed by atoms with Gasteiger partial charge in [0.15, 0.2) is 0 Å². The number of nitrogens with zero attached hydrogens (tertiary/aromatic N) is 1. The molecule has 8 nitrogen and oxygen atoms in total. The van der Waals surface area contributed by atoms with Crippen LogP contribution in [0.15, 0.2) is 42.5 Å². The summed E-state index contributed by atoms with van der Waals surface area (Å²) in [5.74, 6) is 5.92. The van der Waals surface area contributed by atoms with E-state index in [4.69, 9.17) is 20.4 Å². The molecule has 1 saturated heterocycles. The SMILES string of the molecule is CC(C)(N)[C@H](NC1COCc2cc(C#Cc3ccc(CN4CCOCC4)cc3)ccc21)C(=O)NO. The molecule has 0 aromatic heterocycles. The summed E-state index contributed by atoms with van der Waals surface area (Å²) in [6, 6.07) is 13.4. The summed E-state index contributed by atoms with van der Waals surface area (Å²) in [6.45, 7) is 8.82. The number of benzene rings is 2. The van der Waals surface area contributed by atoms with Crippen LogP contribution in [0.25, 0.3) is 0 Å². The van der Waals surface area contributed by atoms with Crippen LogP contribution in [0.3, 0.4) is 0 Å². The molecule has 5 N–H and O–H groups in total. The van der Waals surface area contributed by atoms with Crippen molar-refractivity contribution >= 4 is 5.91 Å². The smallest absolute Gasteiger partial charge is 0.262 e. The summed E-state index contributed by atoms with van der Waals surface area (Å²) in [7, 11) is 0. The maximum absolute atomic E-state index is 12.2. The molecule has 0 saturated carbocycles. The minimum Gasteiger partial charge on any atom is -0.379 e. The van der Waals surface area contributed by atoms with E-state index >= 15 is 0 Å². The van der Waals surface area contributed by atoms with Gasteiger partial charge in [-0.3, -0.25) is 20.2 Å². The molecular weight excluding hydrogens is 444 g/mol. The van der Waals surface area contributed by atoms with Gasteiger partial charge in [0.25, 0.3) is 5.91 Å². The zero-order chi connectivity index (χ0) is 24.8. The van der Waals surface area contributed by atoms with E-state index in [1.807, 2.05) is 18.2 Å². The quantitative estimate of drug-likeness (QED) is 0.284. The van der Waals surface area contributed by atoms with Gasteiger partial charge in [0, 0.05) is 36.3 Å². The van der Waals surface area contributed by atoms with Crippen LogP contribution in [0.5, 0.6) is 0 Å². The zero-order valence-electron chi connectivity index (χ0n) is 20.3. The molecule has 0 spiro atoms. The van der Waals surface area contributed by atoms with E-state index in [9.17, 15) is 4.79 Å². The normalized spacial score (nSPS) is 19.3. The predicted molar refractivity (Wildman–Crippen MR) is 132 cm³/mol. The van der Waals surface area contributed by atoms with Crippen molar-refractivity contribution in [2.75, 3.05) is 32.9 Å². The number of nitrogens with one attached hydrogen (secondary N) is 2. The lowest BCUT2D eigenvalue weighted by molar-refractivity contribution is -0.133. The summed E-state index contributed by atoms with van der Waals surface area (Å²) in [4.78, 5) is 14.6. The number of hydrogen-bond donors (Lipinski definition) is 4. The summed E-state index contributed by atoms with van der Waals surface area (Å²) in [5.41, 5.74) is 12.2. The van der Waals surface area contributed by atoms with Crippen LogP contribution < -0.4 is 16.5 Å². The summed E-state index contributed by atoms with van der Waals surface area (Å²) < 4.78 is 11.2. The van der Waals surface area contributed by atoms with Gasteiger partial charge in [-0.25, -0.2) is 5.48 Å². The van der Waals surface area contributed by atoms with Crippen LogP contribution >= 0.6 is 0 Å². The molecular formula is C27H34N4O4. The van der Waals surface area contributed by atoms with Crippen molar-refractivity contribution in [2.24, 2.45) is 5.73 Å². The van der Waals surface area contributed by atoms with Crippen LogP contribution in [0.1, 0.15) is 47.7 Å².